The number of nitrogens with zero attached hydrogens (tertiary/aromatic N) is 3. The van der Waals surface area contributed by atoms with Crippen LogP contribution in [-0.4, -0.2) is 34.0 Å². The molecule has 0 aliphatic carbocycles. The predicted molar refractivity (Wildman–Crippen MR) is 94.6 cm³/mol. The number of piperidine rings is 1. The van der Waals surface area contributed by atoms with Crippen molar-refractivity contribution in [3.05, 3.63) is 28.7 Å². The Balaban J connectivity index is 1.74. The molecule has 3 heterocycles. The Kier molecular flexibility index (Phi) is 3.67. The minimum atomic E-state index is -0.631. The van der Waals surface area contributed by atoms with Crippen LogP contribution in [-0.2, 0) is 16.6 Å². The Bertz CT molecular complexity index is 920. The van der Waals surface area contributed by atoms with Crippen LogP contribution >= 0.6 is 0 Å². The highest BCUT2D eigenvalue weighted by molar-refractivity contribution is 6.00. The molecule has 0 bridgehead atoms. The number of rotatable bonds is 3. The quantitative estimate of drug-likeness (QED) is 0.850. The molecule has 2 fully saturated rings. The number of hydrogen-bond donors (Lipinski definition) is 1. The van der Waals surface area contributed by atoms with E-state index in [0.29, 0.717) is 6.42 Å². The summed E-state index contributed by atoms with van der Waals surface area (Å²) in [7, 11) is 1.72. The molecule has 1 aromatic heterocycles. The van der Waals surface area contributed by atoms with Gasteiger partial charge in [-0.15, -0.1) is 0 Å². The number of hydrogen-bond acceptors (Lipinski definition) is 4. The number of carbonyl (C=O) groups excluding carboxylic acids is 2. The predicted octanol–water partition coefficient (Wildman–Crippen LogP) is 1.16. The molecule has 0 saturated carbocycles. The number of aromatic nitrogens is 2. The van der Waals surface area contributed by atoms with E-state index < -0.39 is 11.9 Å². The van der Waals surface area contributed by atoms with Crippen LogP contribution in [0.1, 0.15) is 32.2 Å². The summed E-state index contributed by atoms with van der Waals surface area (Å²) in [4.78, 5) is 38.6. The van der Waals surface area contributed by atoms with E-state index in [4.69, 9.17) is 0 Å². The first-order chi connectivity index (χ1) is 12.0. The second kappa shape index (κ2) is 5.75. The molecule has 1 aromatic carbocycles. The number of aryl methyl sites for hydroxylation is 1. The van der Waals surface area contributed by atoms with Gasteiger partial charge in [0.25, 0.3) is 0 Å². The second-order valence-electron chi connectivity index (χ2n) is 7.03. The van der Waals surface area contributed by atoms with Gasteiger partial charge in [0.2, 0.25) is 11.8 Å². The lowest BCUT2D eigenvalue weighted by atomic mass is 9.96. The molecule has 2 amide bonds. The third-order valence-corrected chi connectivity index (χ3v) is 5.49. The molecule has 4 rings (SSSR count). The smallest absolute Gasteiger partial charge is 0.329 e. The van der Waals surface area contributed by atoms with Crippen LogP contribution in [0.2, 0.25) is 0 Å². The second-order valence-corrected chi connectivity index (χ2v) is 7.03. The number of anilines is 1. The lowest BCUT2D eigenvalue weighted by molar-refractivity contribution is -0.135. The van der Waals surface area contributed by atoms with Crippen LogP contribution < -0.4 is 15.9 Å². The van der Waals surface area contributed by atoms with E-state index in [1.807, 2.05) is 18.2 Å². The van der Waals surface area contributed by atoms with E-state index in [0.717, 1.165) is 35.7 Å². The Labute approximate surface area is 145 Å². The number of amides is 2. The van der Waals surface area contributed by atoms with Gasteiger partial charge in [-0.1, -0.05) is 6.92 Å². The summed E-state index contributed by atoms with van der Waals surface area (Å²) < 4.78 is 3.10. The molecule has 25 heavy (non-hydrogen) atoms. The molecular formula is C18H22N4O3. The van der Waals surface area contributed by atoms with Crippen molar-refractivity contribution in [2.75, 3.05) is 18.0 Å². The Morgan fingerprint density at radius 2 is 1.92 bits per heavy atom. The van der Waals surface area contributed by atoms with Gasteiger partial charge >= 0.3 is 5.69 Å². The van der Waals surface area contributed by atoms with Gasteiger partial charge in [0.1, 0.15) is 6.04 Å². The molecular weight excluding hydrogens is 320 g/mol. The first-order valence-corrected chi connectivity index (χ1v) is 8.79. The summed E-state index contributed by atoms with van der Waals surface area (Å²) in [6.45, 7) is 4.29. The zero-order valence-electron chi connectivity index (χ0n) is 14.5. The van der Waals surface area contributed by atoms with Gasteiger partial charge in [-0.2, -0.15) is 0 Å². The van der Waals surface area contributed by atoms with Gasteiger partial charge in [0.05, 0.1) is 11.0 Å². The lowest BCUT2D eigenvalue weighted by Crippen LogP contribution is -2.46. The maximum atomic E-state index is 12.7. The van der Waals surface area contributed by atoms with Crippen molar-refractivity contribution in [3.8, 4) is 0 Å². The van der Waals surface area contributed by atoms with Crippen LogP contribution in [0.5, 0.6) is 0 Å². The summed E-state index contributed by atoms with van der Waals surface area (Å²) in [5.74, 6) is 0.0659. The average molecular weight is 342 g/mol. The van der Waals surface area contributed by atoms with Gasteiger partial charge in [0.15, 0.2) is 0 Å². The van der Waals surface area contributed by atoms with E-state index >= 15 is 0 Å². The number of imide groups is 1. The van der Waals surface area contributed by atoms with Crippen LogP contribution in [0.15, 0.2) is 23.0 Å². The number of nitrogens with one attached hydrogen (secondary N) is 1. The van der Waals surface area contributed by atoms with Gasteiger partial charge in [-0.25, -0.2) is 4.79 Å². The van der Waals surface area contributed by atoms with Crippen molar-refractivity contribution >= 4 is 28.5 Å². The number of benzene rings is 1. The summed E-state index contributed by atoms with van der Waals surface area (Å²) in [5, 5.41) is 2.33. The summed E-state index contributed by atoms with van der Waals surface area (Å²) >= 11 is 0. The van der Waals surface area contributed by atoms with Crippen molar-refractivity contribution in [2.45, 2.75) is 32.2 Å². The average Bonchev–Trinajstić information content (AvgIpc) is 2.79. The zero-order chi connectivity index (χ0) is 17.7. The largest absolute Gasteiger partial charge is 0.371 e. The van der Waals surface area contributed by atoms with Crippen molar-refractivity contribution < 1.29 is 9.59 Å². The standard InChI is InChI=1S/C18H22N4O3/c1-3-11-9-21(10-11)12-4-5-13-15(8-12)20(2)18(25)22(13)14-6-7-16(23)19-17(14)24/h4-5,8,11,14H,3,6-7,9-10H2,1-2H3,(H,19,23,24). The molecule has 0 spiro atoms. The summed E-state index contributed by atoms with van der Waals surface area (Å²) in [6.07, 6.45) is 1.79. The van der Waals surface area contributed by atoms with E-state index in [1.165, 1.54) is 11.0 Å². The Morgan fingerprint density at radius 1 is 1.16 bits per heavy atom. The highest BCUT2D eigenvalue weighted by Crippen LogP contribution is 2.30. The molecule has 132 valence electrons. The third-order valence-electron chi connectivity index (χ3n) is 5.49. The van der Waals surface area contributed by atoms with Crippen LogP contribution in [0.4, 0.5) is 5.69 Å². The molecule has 2 aromatic rings. The normalized spacial score (nSPS) is 21.5. The number of imidazole rings is 1. The van der Waals surface area contributed by atoms with Crippen molar-refractivity contribution in [1.82, 2.24) is 14.5 Å². The maximum Gasteiger partial charge on any atom is 0.329 e. The van der Waals surface area contributed by atoms with Gasteiger partial charge in [-0.3, -0.25) is 24.0 Å². The van der Waals surface area contributed by atoms with E-state index in [1.54, 1.807) is 11.6 Å². The Morgan fingerprint density at radius 3 is 2.60 bits per heavy atom. The minimum absolute atomic E-state index is 0.225. The molecule has 2 aliphatic heterocycles. The first kappa shape index (κ1) is 15.9. The molecule has 1 N–H and O–H groups in total. The molecule has 2 saturated heterocycles. The molecule has 0 radical (unpaired) electrons. The topological polar surface area (TPSA) is 76.3 Å². The molecule has 2 aliphatic rings. The monoisotopic (exact) mass is 342 g/mol. The number of fused-ring (bicyclic) bond motifs is 1. The maximum absolute atomic E-state index is 12.7. The zero-order valence-corrected chi connectivity index (χ0v) is 14.5. The van der Waals surface area contributed by atoms with Crippen LogP contribution in [0, 0.1) is 5.92 Å². The van der Waals surface area contributed by atoms with E-state index in [9.17, 15) is 14.4 Å². The molecule has 7 heteroatoms. The van der Waals surface area contributed by atoms with Gasteiger partial charge in [-0.05, 0) is 37.0 Å². The molecule has 1 unspecified atom stereocenters. The SMILES string of the molecule is CCC1CN(c2ccc3c(c2)n(C)c(=O)n3C2CCC(=O)NC2=O)C1. The third kappa shape index (κ3) is 2.45. The fraction of sp³-hybridized carbons (Fsp3) is 0.500. The first-order valence-electron chi connectivity index (χ1n) is 8.79. The summed E-state index contributed by atoms with van der Waals surface area (Å²) in [5.41, 5.74) is 2.43. The van der Waals surface area contributed by atoms with Crippen LogP contribution in [0.3, 0.4) is 0 Å². The van der Waals surface area contributed by atoms with Crippen molar-refractivity contribution in [2.24, 2.45) is 13.0 Å². The van der Waals surface area contributed by atoms with Crippen LogP contribution in [0.25, 0.3) is 11.0 Å². The fourth-order valence-corrected chi connectivity index (χ4v) is 3.82. The van der Waals surface area contributed by atoms with E-state index in [-0.39, 0.29) is 18.0 Å². The Hall–Kier alpha value is -2.57. The van der Waals surface area contributed by atoms with Gasteiger partial charge < -0.3 is 4.90 Å². The molecule has 1 atom stereocenters. The minimum Gasteiger partial charge on any atom is -0.371 e. The fourth-order valence-electron chi connectivity index (χ4n) is 3.82. The molecule has 7 nitrogen and oxygen atoms in total. The number of carbonyl (C=O) groups is 2. The highest BCUT2D eigenvalue weighted by Gasteiger charge is 2.32. The summed E-state index contributed by atoms with van der Waals surface area (Å²) in [6, 6.07) is 5.31. The van der Waals surface area contributed by atoms with Gasteiger partial charge in [0, 0.05) is 32.2 Å². The van der Waals surface area contributed by atoms with E-state index in [2.05, 4.69) is 17.1 Å². The van der Waals surface area contributed by atoms with Crippen molar-refractivity contribution in [1.29, 1.82) is 0 Å². The van der Waals surface area contributed by atoms with Crippen molar-refractivity contribution in [3.63, 3.8) is 0 Å². The highest BCUT2D eigenvalue weighted by atomic mass is 16.2. The lowest BCUT2D eigenvalue weighted by Gasteiger charge is -2.40.